The van der Waals surface area contributed by atoms with Crippen LogP contribution in [0.5, 0.6) is 5.75 Å². The Balaban J connectivity index is 1.72. The number of carbonyl (C=O) groups is 1. The molecule has 126 valence electrons. The molecule has 3 rings (SSSR count). The third-order valence-electron chi connectivity index (χ3n) is 4.83. The van der Waals surface area contributed by atoms with Gasteiger partial charge in [-0.05, 0) is 50.5 Å². The standard InChI is InChI=1S/C18H25NO4/c1-2-23-14-7-5-13(6-8-14)18(21)19-10-3-4-16(19)15-12-22-11-9-17(15)20/h5-8,15-17,20H,2-4,9-12H2,1H3/t15-,16-,17-/m1/s1. The molecule has 1 aromatic carbocycles. The molecule has 0 radical (unpaired) electrons. The lowest BCUT2D eigenvalue weighted by Gasteiger charge is -2.37. The molecule has 0 aliphatic carbocycles. The second-order valence-corrected chi connectivity index (χ2v) is 6.26. The van der Waals surface area contributed by atoms with Gasteiger partial charge in [-0.15, -0.1) is 0 Å². The van der Waals surface area contributed by atoms with Gasteiger partial charge in [0.15, 0.2) is 0 Å². The van der Waals surface area contributed by atoms with E-state index >= 15 is 0 Å². The highest BCUT2D eigenvalue weighted by molar-refractivity contribution is 5.94. The normalized spacial score (nSPS) is 27.9. The molecule has 5 nitrogen and oxygen atoms in total. The van der Waals surface area contributed by atoms with Crippen molar-refractivity contribution in [2.45, 2.75) is 38.3 Å². The van der Waals surface area contributed by atoms with E-state index in [0.29, 0.717) is 31.8 Å². The molecular formula is C18H25NO4. The Morgan fingerprint density at radius 3 is 2.83 bits per heavy atom. The van der Waals surface area contributed by atoms with Crippen molar-refractivity contribution in [2.24, 2.45) is 5.92 Å². The molecule has 2 fully saturated rings. The summed E-state index contributed by atoms with van der Waals surface area (Å²) < 4.78 is 10.9. The Hall–Kier alpha value is -1.59. The average Bonchev–Trinajstić information content (AvgIpc) is 3.05. The van der Waals surface area contributed by atoms with E-state index in [1.807, 2.05) is 36.1 Å². The number of likely N-dealkylation sites (tertiary alicyclic amines) is 1. The van der Waals surface area contributed by atoms with Crippen molar-refractivity contribution in [3.8, 4) is 5.75 Å². The molecule has 3 atom stereocenters. The Morgan fingerprint density at radius 2 is 2.13 bits per heavy atom. The fourth-order valence-electron chi connectivity index (χ4n) is 3.63. The lowest BCUT2D eigenvalue weighted by atomic mass is 9.89. The Labute approximate surface area is 137 Å². The van der Waals surface area contributed by atoms with Crippen LogP contribution in [0.3, 0.4) is 0 Å². The van der Waals surface area contributed by atoms with Crippen molar-refractivity contribution in [1.82, 2.24) is 4.90 Å². The predicted octanol–water partition coefficient (Wildman–Crippen LogP) is 2.09. The van der Waals surface area contributed by atoms with Gasteiger partial charge in [-0.3, -0.25) is 4.79 Å². The molecule has 2 aliphatic heterocycles. The summed E-state index contributed by atoms with van der Waals surface area (Å²) in [7, 11) is 0. The molecule has 2 saturated heterocycles. The molecule has 5 heteroatoms. The number of amides is 1. The van der Waals surface area contributed by atoms with Gasteiger partial charge in [0.05, 0.1) is 19.3 Å². The largest absolute Gasteiger partial charge is 0.494 e. The molecule has 0 unspecified atom stereocenters. The molecular weight excluding hydrogens is 294 g/mol. The minimum Gasteiger partial charge on any atom is -0.494 e. The van der Waals surface area contributed by atoms with Crippen molar-refractivity contribution in [3.63, 3.8) is 0 Å². The highest BCUT2D eigenvalue weighted by atomic mass is 16.5. The molecule has 0 saturated carbocycles. The van der Waals surface area contributed by atoms with Crippen LogP contribution >= 0.6 is 0 Å². The number of hydrogen-bond acceptors (Lipinski definition) is 4. The summed E-state index contributed by atoms with van der Waals surface area (Å²) in [4.78, 5) is 14.8. The highest BCUT2D eigenvalue weighted by Gasteiger charge is 2.39. The molecule has 0 spiro atoms. The minimum atomic E-state index is -0.373. The fourth-order valence-corrected chi connectivity index (χ4v) is 3.63. The quantitative estimate of drug-likeness (QED) is 0.923. The summed E-state index contributed by atoms with van der Waals surface area (Å²) >= 11 is 0. The summed E-state index contributed by atoms with van der Waals surface area (Å²) in [6, 6.07) is 7.37. The first-order valence-corrected chi connectivity index (χ1v) is 8.50. The van der Waals surface area contributed by atoms with Gasteiger partial charge in [-0.1, -0.05) is 0 Å². The van der Waals surface area contributed by atoms with Gasteiger partial charge in [0.1, 0.15) is 5.75 Å². The molecule has 1 N–H and O–H groups in total. The smallest absolute Gasteiger partial charge is 0.254 e. The zero-order chi connectivity index (χ0) is 16.2. The van der Waals surface area contributed by atoms with E-state index in [1.54, 1.807) is 0 Å². The number of aliphatic hydroxyl groups is 1. The minimum absolute atomic E-state index is 0.0258. The van der Waals surface area contributed by atoms with E-state index in [1.165, 1.54) is 0 Å². The van der Waals surface area contributed by atoms with Gasteiger partial charge in [-0.2, -0.15) is 0 Å². The summed E-state index contributed by atoms with van der Waals surface area (Å²) in [6.45, 7) is 4.45. The number of aliphatic hydroxyl groups excluding tert-OH is 1. The Kier molecular flexibility index (Phi) is 5.18. The van der Waals surface area contributed by atoms with E-state index in [-0.39, 0.29) is 24.0 Å². The molecule has 0 aromatic heterocycles. The monoisotopic (exact) mass is 319 g/mol. The summed E-state index contributed by atoms with van der Waals surface area (Å²) in [6.07, 6.45) is 2.21. The van der Waals surface area contributed by atoms with Crippen LogP contribution in [-0.2, 0) is 4.74 Å². The Bertz CT molecular complexity index is 530. The van der Waals surface area contributed by atoms with Gasteiger partial charge in [0.25, 0.3) is 5.91 Å². The third-order valence-corrected chi connectivity index (χ3v) is 4.83. The lowest BCUT2D eigenvalue weighted by Crippen LogP contribution is -2.48. The van der Waals surface area contributed by atoms with Crippen LogP contribution in [0.1, 0.15) is 36.5 Å². The van der Waals surface area contributed by atoms with Crippen LogP contribution < -0.4 is 4.74 Å². The van der Waals surface area contributed by atoms with Gasteiger partial charge >= 0.3 is 0 Å². The molecule has 2 aliphatic rings. The van der Waals surface area contributed by atoms with Crippen molar-refractivity contribution in [1.29, 1.82) is 0 Å². The van der Waals surface area contributed by atoms with Crippen LogP contribution in [0, 0.1) is 5.92 Å². The summed E-state index contributed by atoms with van der Waals surface area (Å²) in [5.74, 6) is 0.837. The summed E-state index contributed by atoms with van der Waals surface area (Å²) in [5.41, 5.74) is 0.673. The molecule has 1 aromatic rings. The van der Waals surface area contributed by atoms with Crippen LogP contribution in [-0.4, -0.2) is 54.4 Å². The zero-order valence-corrected chi connectivity index (χ0v) is 13.6. The molecule has 2 heterocycles. The van der Waals surface area contributed by atoms with Crippen LogP contribution in [0.2, 0.25) is 0 Å². The maximum atomic E-state index is 12.8. The van der Waals surface area contributed by atoms with Gasteiger partial charge < -0.3 is 19.5 Å². The molecule has 23 heavy (non-hydrogen) atoms. The second-order valence-electron chi connectivity index (χ2n) is 6.26. The SMILES string of the molecule is CCOc1ccc(C(=O)N2CCC[C@@H]2[C@H]2COCC[C@H]2O)cc1. The maximum Gasteiger partial charge on any atom is 0.254 e. The predicted molar refractivity (Wildman–Crippen MR) is 86.6 cm³/mol. The van der Waals surface area contributed by atoms with Gasteiger partial charge in [-0.25, -0.2) is 0 Å². The van der Waals surface area contributed by atoms with Crippen molar-refractivity contribution < 1.29 is 19.4 Å². The fraction of sp³-hybridized carbons (Fsp3) is 0.611. The number of ether oxygens (including phenoxy) is 2. The highest BCUT2D eigenvalue weighted by Crippen LogP contribution is 2.31. The summed E-state index contributed by atoms with van der Waals surface area (Å²) in [5, 5.41) is 10.3. The number of rotatable bonds is 4. The number of hydrogen-bond donors (Lipinski definition) is 1. The van der Waals surface area contributed by atoms with E-state index in [4.69, 9.17) is 9.47 Å². The van der Waals surface area contributed by atoms with Gasteiger partial charge in [0, 0.05) is 30.7 Å². The zero-order valence-electron chi connectivity index (χ0n) is 13.6. The van der Waals surface area contributed by atoms with Gasteiger partial charge in [0.2, 0.25) is 0 Å². The van der Waals surface area contributed by atoms with E-state index in [9.17, 15) is 9.90 Å². The van der Waals surface area contributed by atoms with Crippen LogP contribution in [0.4, 0.5) is 0 Å². The third kappa shape index (κ3) is 3.51. The van der Waals surface area contributed by atoms with Crippen molar-refractivity contribution >= 4 is 5.91 Å². The van der Waals surface area contributed by atoms with Crippen molar-refractivity contribution in [3.05, 3.63) is 29.8 Å². The number of nitrogens with zero attached hydrogens (tertiary/aromatic N) is 1. The van der Waals surface area contributed by atoms with Crippen molar-refractivity contribution in [2.75, 3.05) is 26.4 Å². The number of carbonyl (C=O) groups excluding carboxylic acids is 1. The number of benzene rings is 1. The average molecular weight is 319 g/mol. The van der Waals surface area contributed by atoms with E-state index in [2.05, 4.69) is 0 Å². The molecule has 0 bridgehead atoms. The Morgan fingerprint density at radius 1 is 1.35 bits per heavy atom. The first-order chi connectivity index (χ1) is 11.2. The molecule has 1 amide bonds. The maximum absolute atomic E-state index is 12.8. The second kappa shape index (κ2) is 7.32. The first-order valence-electron chi connectivity index (χ1n) is 8.50. The van der Waals surface area contributed by atoms with Crippen LogP contribution in [0.25, 0.3) is 0 Å². The van der Waals surface area contributed by atoms with E-state index in [0.717, 1.165) is 25.1 Å². The van der Waals surface area contributed by atoms with Crippen LogP contribution in [0.15, 0.2) is 24.3 Å². The lowest BCUT2D eigenvalue weighted by molar-refractivity contribution is -0.0589. The van der Waals surface area contributed by atoms with E-state index < -0.39 is 0 Å². The topological polar surface area (TPSA) is 59.0 Å². The first kappa shape index (κ1) is 16.3.